The summed E-state index contributed by atoms with van der Waals surface area (Å²) in [5, 5.41) is 0. The fourth-order valence-electron chi connectivity index (χ4n) is 4.02. The highest BCUT2D eigenvalue weighted by atomic mass is 16.6. The van der Waals surface area contributed by atoms with Crippen LogP contribution in [0, 0.1) is 11.8 Å². The van der Waals surface area contributed by atoms with Crippen LogP contribution >= 0.6 is 0 Å². The summed E-state index contributed by atoms with van der Waals surface area (Å²) < 4.78 is 15.6. The zero-order valence-electron chi connectivity index (χ0n) is 19.9. The molecule has 0 saturated heterocycles. The number of rotatable bonds is 9. The van der Waals surface area contributed by atoms with Crippen LogP contribution in [0.2, 0.25) is 0 Å². The molecule has 2 aromatic rings. The van der Waals surface area contributed by atoms with Gasteiger partial charge in [0.05, 0.1) is 11.5 Å². The van der Waals surface area contributed by atoms with Crippen LogP contribution in [0.5, 0.6) is 5.75 Å². The summed E-state index contributed by atoms with van der Waals surface area (Å²) in [4.78, 5) is 36.3. The summed E-state index contributed by atoms with van der Waals surface area (Å²) in [5.41, 5.74) is 13.0. The smallest absolute Gasteiger partial charge is 0.338 e. The minimum atomic E-state index is -0.606. The van der Waals surface area contributed by atoms with Crippen molar-refractivity contribution in [1.82, 2.24) is 0 Å². The minimum absolute atomic E-state index is 0.0321. The second-order valence-electron chi connectivity index (χ2n) is 8.64. The number of esters is 3. The van der Waals surface area contributed by atoms with Gasteiger partial charge in [-0.1, -0.05) is 25.5 Å². The molecular weight excluding hydrogens is 448 g/mol. The first kappa shape index (κ1) is 25.8. The first-order chi connectivity index (χ1) is 16.8. The molecule has 2 aromatic carbocycles. The lowest BCUT2D eigenvalue weighted by Crippen LogP contribution is -2.25. The van der Waals surface area contributed by atoms with E-state index in [1.807, 2.05) is 0 Å². The molecule has 1 aliphatic carbocycles. The Labute approximate surface area is 205 Å². The van der Waals surface area contributed by atoms with E-state index in [4.69, 9.17) is 25.7 Å². The molecule has 0 unspecified atom stereocenters. The predicted molar refractivity (Wildman–Crippen MR) is 133 cm³/mol. The van der Waals surface area contributed by atoms with Gasteiger partial charge in [-0.3, -0.25) is 4.79 Å². The number of nitrogen functional groups attached to an aromatic ring is 2. The lowest BCUT2D eigenvalue weighted by atomic mass is 9.81. The summed E-state index contributed by atoms with van der Waals surface area (Å²) >= 11 is 0. The highest BCUT2D eigenvalue weighted by Gasteiger charge is 2.26. The number of benzene rings is 2. The van der Waals surface area contributed by atoms with Crippen molar-refractivity contribution < 1.29 is 28.6 Å². The van der Waals surface area contributed by atoms with Crippen molar-refractivity contribution >= 4 is 35.4 Å². The van der Waals surface area contributed by atoms with Gasteiger partial charge in [-0.2, -0.15) is 0 Å². The molecule has 186 valence electrons. The highest BCUT2D eigenvalue weighted by Crippen LogP contribution is 2.31. The lowest BCUT2D eigenvalue weighted by Gasteiger charge is -2.26. The maximum absolute atomic E-state index is 12.4. The van der Waals surface area contributed by atoms with Crippen LogP contribution in [0.4, 0.5) is 11.4 Å². The van der Waals surface area contributed by atoms with Crippen molar-refractivity contribution in [3.8, 4) is 5.75 Å². The van der Waals surface area contributed by atoms with Gasteiger partial charge < -0.3 is 25.7 Å². The van der Waals surface area contributed by atoms with E-state index in [9.17, 15) is 14.4 Å². The zero-order chi connectivity index (χ0) is 25.2. The number of carbonyl (C=O) groups excluding carboxylic acids is 3. The van der Waals surface area contributed by atoms with Gasteiger partial charge in [0.1, 0.15) is 19.0 Å². The second-order valence-corrected chi connectivity index (χ2v) is 8.64. The number of ether oxygens (including phenoxy) is 3. The van der Waals surface area contributed by atoms with Gasteiger partial charge in [0.15, 0.2) is 0 Å². The van der Waals surface area contributed by atoms with E-state index in [-0.39, 0.29) is 30.7 Å². The summed E-state index contributed by atoms with van der Waals surface area (Å²) in [5.74, 6) is -0.184. The Kier molecular flexibility index (Phi) is 9.29. The Morgan fingerprint density at radius 3 is 2.17 bits per heavy atom. The van der Waals surface area contributed by atoms with E-state index in [0.29, 0.717) is 17.1 Å². The third kappa shape index (κ3) is 8.17. The van der Waals surface area contributed by atoms with Gasteiger partial charge in [0.2, 0.25) is 0 Å². The predicted octanol–water partition coefficient (Wildman–Crippen LogP) is 4.39. The number of nitrogens with two attached hydrogens (primary N) is 2. The summed E-state index contributed by atoms with van der Waals surface area (Å²) in [6, 6.07) is 11.3. The average Bonchev–Trinajstić information content (AvgIpc) is 2.85. The Morgan fingerprint density at radius 2 is 1.54 bits per heavy atom. The second kappa shape index (κ2) is 12.6. The first-order valence-corrected chi connectivity index (χ1v) is 11.8. The van der Waals surface area contributed by atoms with E-state index < -0.39 is 11.9 Å². The Bertz CT molecular complexity index is 1040. The monoisotopic (exact) mass is 480 g/mol. The van der Waals surface area contributed by atoms with Crippen molar-refractivity contribution in [2.75, 3.05) is 24.7 Å². The number of hydrogen-bond donors (Lipinski definition) is 2. The van der Waals surface area contributed by atoms with E-state index in [1.54, 1.807) is 30.3 Å². The molecule has 1 aliphatic rings. The molecule has 0 bridgehead atoms. The molecular formula is C27H32N2O6. The van der Waals surface area contributed by atoms with Crippen molar-refractivity contribution in [2.45, 2.75) is 39.0 Å². The van der Waals surface area contributed by atoms with E-state index in [1.165, 1.54) is 24.3 Å². The SMILES string of the molecule is CCC1CCC(C(=O)Oc2ccc(C=CC(=O)OCCOC(=O)c3cc(N)cc(N)c3)cc2)CC1. The van der Waals surface area contributed by atoms with Crippen LogP contribution in [0.3, 0.4) is 0 Å². The fourth-order valence-corrected chi connectivity index (χ4v) is 4.02. The van der Waals surface area contributed by atoms with Crippen LogP contribution in [0.25, 0.3) is 6.08 Å². The molecule has 8 heteroatoms. The van der Waals surface area contributed by atoms with Gasteiger partial charge in [-0.25, -0.2) is 9.59 Å². The average molecular weight is 481 g/mol. The fraction of sp³-hybridized carbons (Fsp3) is 0.370. The topological polar surface area (TPSA) is 131 Å². The first-order valence-electron chi connectivity index (χ1n) is 11.8. The van der Waals surface area contributed by atoms with Crippen LogP contribution < -0.4 is 16.2 Å². The van der Waals surface area contributed by atoms with Crippen molar-refractivity contribution in [3.05, 3.63) is 59.7 Å². The molecule has 0 aliphatic heterocycles. The molecule has 0 heterocycles. The molecule has 35 heavy (non-hydrogen) atoms. The molecule has 0 radical (unpaired) electrons. The molecule has 4 N–H and O–H groups in total. The summed E-state index contributed by atoms with van der Waals surface area (Å²) in [6.45, 7) is 1.99. The van der Waals surface area contributed by atoms with Crippen molar-refractivity contribution in [2.24, 2.45) is 11.8 Å². The number of hydrogen-bond acceptors (Lipinski definition) is 8. The molecule has 0 atom stereocenters. The van der Waals surface area contributed by atoms with Crippen molar-refractivity contribution in [1.29, 1.82) is 0 Å². The summed E-state index contributed by atoms with van der Waals surface area (Å²) in [6.07, 6.45) is 7.95. The maximum Gasteiger partial charge on any atom is 0.338 e. The van der Waals surface area contributed by atoms with Gasteiger partial charge in [-0.05, 0) is 73.6 Å². The molecule has 1 saturated carbocycles. The largest absolute Gasteiger partial charge is 0.459 e. The van der Waals surface area contributed by atoms with E-state index >= 15 is 0 Å². The highest BCUT2D eigenvalue weighted by molar-refractivity contribution is 5.91. The quantitative estimate of drug-likeness (QED) is 0.178. The van der Waals surface area contributed by atoms with Gasteiger partial charge in [0, 0.05) is 17.5 Å². The Balaban J connectivity index is 1.37. The maximum atomic E-state index is 12.4. The third-order valence-electron chi connectivity index (χ3n) is 6.04. The number of anilines is 2. The molecule has 8 nitrogen and oxygen atoms in total. The molecule has 0 spiro atoms. The minimum Gasteiger partial charge on any atom is -0.459 e. The lowest BCUT2D eigenvalue weighted by molar-refractivity contribution is -0.140. The Morgan fingerprint density at radius 1 is 0.914 bits per heavy atom. The third-order valence-corrected chi connectivity index (χ3v) is 6.04. The molecule has 0 amide bonds. The van der Waals surface area contributed by atoms with Gasteiger partial charge >= 0.3 is 17.9 Å². The summed E-state index contributed by atoms with van der Waals surface area (Å²) in [7, 11) is 0. The molecule has 1 fully saturated rings. The molecule has 0 aromatic heterocycles. The zero-order valence-corrected chi connectivity index (χ0v) is 19.9. The van der Waals surface area contributed by atoms with Gasteiger partial charge in [0.25, 0.3) is 0 Å². The van der Waals surface area contributed by atoms with Crippen LogP contribution in [-0.2, 0) is 19.1 Å². The molecule has 3 rings (SSSR count). The van der Waals surface area contributed by atoms with E-state index in [2.05, 4.69) is 6.92 Å². The van der Waals surface area contributed by atoms with Crippen LogP contribution in [0.1, 0.15) is 54.9 Å². The van der Waals surface area contributed by atoms with Crippen LogP contribution in [0.15, 0.2) is 48.5 Å². The Hall–Kier alpha value is -3.81. The van der Waals surface area contributed by atoms with Crippen LogP contribution in [-0.4, -0.2) is 31.1 Å². The van der Waals surface area contributed by atoms with E-state index in [0.717, 1.165) is 43.6 Å². The standard InChI is InChI=1S/C27H32N2O6/c1-2-18-3-8-20(9-4-18)27(32)35-24-10-5-19(6-11-24)7-12-25(30)33-13-14-34-26(31)21-15-22(28)17-23(29)16-21/h5-7,10-12,15-18,20H,2-4,8-9,13-14,28-29H2,1H3. The van der Waals surface area contributed by atoms with Crippen molar-refractivity contribution in [3.63, 3.8) is 0 Å². The normalized spacial score (nSPS) is 17.6. The number of carbonyl (C=O) groups is 3. The van der Waals surface area contributed by atoms with Gasteiger partial charge in [-0.15, -0.1) is 0 Å².